The molecule has 0 radical (unpaired) electrons. The standard InChI is InChI=1S/C13H15BrF2O2S/c14-8-13(5-1-2-6-13)9-19(17,18)12-4-3-10(15)7-11(12)16/h3-4,7H,1-2,5-6,8-9H2. The van der Waals surface area contributed by atoms with Gasteiger partial charge in [0.2, 0.25) is 0 Å². The molecule has 1 fully saturated rings. The number of halogens is 3. The van der Waals surface area contributed by atoms with Crippen molar-refractivity contribution in [2.75, 3.05) is 11.1 Å². The van der Waals surface area contributed by atoms with Crippen LogP contribution < -0.4 is 0 Å². The van der Waals surface area contributed by atoms with E-state index < -0.39 is 26.4 Å². The van der Waals surface area contributed by atoms with E-state index in [1.807, 2.05) is 0 Å². The molecule has 2 rings (SSSR count). The summed E-state index contributed by atoms with van der Waals surface area (Å²) in [6.07, 6.45) is 3.63. The van der Waals surface area contributed by atoms with E-state index in [0.29, 0.717) is 11.4 Å². The maximum absolute atomic E-state index is 13.6. The summed E-state index contributed by atoms with van der Waals surface area (Å²) in [4.78, 5) is -0.402. The molecule has 1 aromatic carbocycles. The fraction of sp³-hybridized carbons (Fsp3) is 0.538. The molecule has 0 heterocycles. The highest BCUT2D eigenvalue weighted by Gasteiger charge is 2.38. The zero-order chi connectivity index (χ0) is 14.1. The molecular weight excluding hydrogens is 338 g/mol. The monoisotopic (exact) mass is 352 g/mol. The van der Waals surface area contributed by atoms with Gasteiger partial charge in [-0.3, -0.25) is 0 Å². The molecule has 2 nitrogen and oxygen atoms in total. The van der Waals surface area contributed by atoms with Crippen LogP contribution in [0.3, 0.4) is 0 Å². The van der Waals surface area contributed by atoms with Crippen LogP contribution in [0.5, 0.6) is 0 Å². The van der Waals surface area contributed by atoms with Gasteiger partial charge in [0.1, 0.15) is 16.5 Å². The van der Waals surface area contributed by atoms with Gasteiger partial charge in [-0.25, -0.2) is 17.2 Å². The normalized spacial score (nSPS) is 18.7. The number of hydrogen-bond acceptors (Lipinski definition) is 2. The number of sulfone groups is 1. The Morgan fingerprint density at radius 1 is 1.21 bits per heavy atom. The first-order valence-electron chi connectivity index (χ1n) is 6.12. The first kappa shape index (κ1) is 14.9. The molecule has 6 heteroatoms. The Kier molecular flexibility index (Phi) is 4.30. The van der Waals surface area contributed by atoms with Gasteiger partial charge < -0.3 is 0 Å². The molecule has 0 aliphatic heterocycles. The lowest BCUT2D eigenvalue weighted by molar-refractivity contribution is 0.393. The van der Waals surface area contributed by atoms with E-state index in [1.165, 1.54) is 0 Å². The average Bonchev–Trinajstić information content (AvgIpc) is 2.77. The van der Waals surface area contributed by atoms with E-state index in [-0.39, 0.29) is 11.2 Å². The van der Waals surface area contributed by atoms with E-state index in [2.05, 4.69) is 15.9 Å². The van der Waals surface area contributed by atoms with Gasteiger partial charge in [-0.2, -0.15) is 0 Å². The third-order valence-corrected chi connectivity index (χ3v) is 6.86. The zero-order valence-corrected chi connectivity index (χ0v) is 12.7. The van der Waals surface area contributed by atoms with E-state index >= 15 is 0 Å². The third kappa shape index (κ3) is 3.16. The summed E-state index contributed by atoms with van der Waals surface area (Å²) in [5.41, 5.74) is -0.320. The van der Waals surface area contributed by atoms with Gasteiger partial charge in [0.15, 0.2) is 9.84 Å². The van der Waals surface area contributed by atoms with Crippen LogP contribution in [-0.2, 0) is 9.84 Å². The molecule has 0 atom stereocenters. The molecule has 0 amide bonds. The lowest BCUT2D eigenvalue weighted by atomic mass is 9.92. The number of rotatable bonds is 4. The highest BCUT2D eigenvalue weighted by atomic mass is 79.9. The fourth-order valence-corrected chi connectivity index (χ4v) is 5.66. The molecule has 19 heavy (non-hydrogen) atoms. The van der Waals surface area contributed by atoms with Gasteiger partial charge in [0, 0.05) is 11.4 Å². The van der Waals surface area contributed by atoms with E-state index in [1.54, 1.807) is 0 Å². The predicted octanol–water partition coefficient (Wildman–Crippen LogP) is 3.69. The Hall–Kier alpha value is -0.490. The van der Waals surface area contributed by atoms with Crippen molar-refractivity contribution >= 4 is 25.8 Å². The maximum atomic E-state index is 13.6. The molecule has 1 aliphatic rings. The highest BCUT2D eigenvalue weighted by Crippen LogP contribution is 2.41. The molecule has 0 bridgehead atoms. The minimum absolute atomic E-state index is 0.0895. The van der Waals surface area contributed by atoms with E-state index in [4.69, 9.17) is 0 Å². The van der Waals surface area contributed by atoms with Crippen LogP contribution in [0.15, 0.2) is 23.1 Å². The van der Waals surface area contributed by atoms with Crippen molar-refractivity contribution in [3.63, 3.8) is 0 Å². The van der Waals surface area contributed by atoms with Crippen LogP contribution in [-0.4, -0.2) is 19.5 Å². The summed E-state index contributed by atoms with van der Waals surface area (Å²) < 4.78 is 51.1. The van der Waals surface area contributed by atoms with Crippen LogP contribution in [0.4, 0.5) is 8.78 Å². The van der Waals surface area contributed by atoms with Crippen molar-refractivity contribution < 1.29 is 17.2 Å². The molecular formula is C13H15BrF2O2S. The van der Waals surface area contributed by atoms with Gasteiger partial charge >= 0.3 is 0 Å². The van der Waals surface area contributed by atoms with Crippen LogP contribution in [0.25, 0.3) is 0 Å². The number of benzene rings is 1. The lowest BCUT2D eigenvalue weighted by Gasteiger charge is -2.26. The second kappa shape index (κ2) is 5.48. The number of hydrogen-bond donors (Lipinski definition) is 0. The fourth-order valence-electron chi connectivity index (χ4n) is 2.65. The summed E-state index contributed by atoms with van der Waals surface area (Å²) in [6, 6.07) is 2.60. The maximum Gasteiger partial charge on any atom is 0.181 e. The Balaban J connectivity index is 2.32. The van der Waals surface area contributed by atoms with E-state index in [9.17, 15) is 17.2 Å². The van der Waals surface area contributed by atoms with Crippen molar-refractivity contribution in [3.05, 3.63) is 29.8 Å². The molecule has 1 aliphatic carbocycles. The molecule has 0 spiro atoms. The van der Waals surface area contributed by atoms with Gasteiger partial charge in [0.05, 0.1) is 5.75 Å². The highest BCUT2D eigenvalue weighted by molar-refractivity contribution is 9.09. The summed E-state index contributed by atoms with van der Waals surface area (Å²) in [5.74, 6) is -1.87. The average molecular weight is 353 g/mol. The van der Waals surface area contributed by atoms with E-state index in [0.717, 1.165) is 37.8 Å². The summed E-state index contributed by atoms with van der Waals surface area (Å²) in [6.45, 7) is 0. The molecule has 0 unspecified atom stereocenters. The summed E-state index contributed by atoms with van der Waals surface area (Å²) in [7, 11) is -3.73. The second-order valence-electron chi connectivity index (χ2n) is 5.17. The van der Waals surface area contributed by atoms with Gasteiger partial charge in [-0.15, -0.1) is 0 Å². The molecule has 0 saturated heterocycles. The van der Waals surface area contributed by atoms with Gasteiger partial charge in [-0.1, -0.05) is 28.8 Å². The molecule has 0 N–H and O–H groups in total. The lowest BCUT2D eigenvalue weighted by Crippen LogP contribution is -2.29. The van der Waals surface area contributed by atoms with Crippen LogP contribution >= 0.6 is 15.9 Å². The topological polar surface area (TPSA) is 34.1 Å². The van der Waals surface area contributed by atoms with Crippen molar-refractivity contribution in [1.82, 2.24) is 0 Å². The molecule has 0 aromatic heterocycles. The molecule has 1 aromatic rings. The van der Waals surface area contributed by atoms with Crippen LogP contribution in [0.2, 0.25) is 0 Å². The van der Waals surface area contributed by atoms with Gasteiger partial charge in [-0.05, 0) is 30.4 Å². The van der Waals surface area contributed by atoms with Crippen molar-refractivity contribution in [2.24, 2.45) is 5.41 Å². The van der Waals surface area contributed by atoms with Crippen LogP contribution in [0.1, 0.15) is 25.7 Å². The second-order valence-corrected chi connectivity index (χ2v) is 7.69. The number of alkyl halides is 1. The smallest absolute Gasteiger partial charge is 0.181 e. The Bertz CT molecular complexity index is 566. The predicted molar refractivity (Wildman–Crippen MR) is 73.1 cm³/mol. The Morgan fingerprint density at radius 3 is 2.37 bits per heavy atom. The van der Waals surface area contributed by atoms with Crippen molar-refractivity contribution in [3.8, 4) is 0 Å². The van der Waals surface area contributed by atoms with Crippen LogP contribution in [0, 0.1) is 17.0 Å². The molecule has 1 saturated carbocycles. The minimum atomic E-state index is -3.73. The first-order chi connectivity index (χ1) is 8.88. The first-order valence-corrected chi connectivity index (χ1v) is 8.90. The third-order valence-electron chi connectivity index (χ3n) is 3.67. The largest absolute Gasteiger partial charge is 0.224 e. The Labute approximate surface area is 120 Å². The zero-order valence-electron chi connectivity index (χ0n) is 10.3. The Morgan fingerprint density at radius 2 is 1.84 bits per heavy atom. The summed E-state index contributed by atoms with van der Waals surface area (Å²) in [5, 5.41) is 0.585. The summed E-state index contributed by atoms with van der Waals surface area (Å²) >= 11 is 3.37. The molecule has 106 valence electrons. The van der Waals surface area contributed by atoms with Crippen molar-refractivity contribution in [2.45, 2.75) is 30.6 Å². The SMILES string of the molecule is O=S(=O)(CC1(CBr)CCCC1)c1ccc(F)cc1F. The van der Waals surface area contributed by atoms with Crippen molar-refractivity contribution in [1.29, 1.82) is 0 Å². The quantitative estimate of drug-likeness (QED) is 0.611. The minimum Gasteiger partial charge on any atom is -0.224 e. The van der Waals surface area contributed by atoms with Gasteiger partial charge in [0.25, 0.3) is 0 Å².